The van der Waals surface area contributed by atoms with Gasteiger partial charge in [0.1, 0.15) is 11.9 Å². The van der Waals surface area contributed by atoms with Gasteiger partial charge in [-0.2, -0.15) is 0 Å². The molecule has 3 heteroatoms. The Hall–Kier alpha value is -0.730. The van der Waals surface area contributed by atoms with Crippen LogP contribution in [0.1, 0.15) is 39.0 Å². The van der Waals surface area contributed by atoms with Crippen molar-refractivity contribution in [3.8, 4) is 5.75 Å². The number of rotatable bonds is 5. The Bertz CT molecular complexity index is 396. The van der Waals surface area contributed by atoms with Crippen LogP contribution in [0.5, 0.6) is 5.75 Å². The number of ether oxygens (including phenoxy) is 1. The van der Waals surface area contributed by atoms with Crippen molar-refractivity contribution in [3.05, 3.63) is 29.3 Å². The lowest BCUT2D eigenvalue weighted by Gasteiger charge is -2.36. The van der Waals surface area contributed by atoms with E-state index in [4.69, 9.17) is 22.1 Å². The summed E-state index contributed by atoms with van der Waals surface area (Å²) in [6.07, 6.45) is 6.33. The molecule has 0 amide bonds. The lowest BCUT2D eigenvalue weighted by atomic mass is 9.78. The molecule has 1 aromatic carbocycles. The number of hydrogen-bond donors (Lipinski definition) is 1. The van der Waals surface area contributed by atoms with Crippen molar-refractivity contribution in [2.75, 3.05) is 6.54 Å². The van der Waals surface area contributed by atoms with Crippen LogP contribution in [0.15, 0.2) is 24.3 Å². The Balaban J connectivity index is 2.04. The van der Waals surface area contributed by atoms with Crippen molar-refractivity contribution in [1.29, 1.82) is 0 Å². The largest absolute Gasteiger partial charge is 0.489 e. The molecule has 1 aliphatic rings. The number of hydrogen-bond acceptors (Lipinski definition) is 2. The summed E-state index contributed by atoms with van der Waals surface area (Å²) >= 11 is 6.18. The lowest BCUT2D eigenvalue weighted by molar-refractivity contribution is 0.0670. The van der Waals surface area contributed by atoms with E-state index in [9.17, 15) is 0 Å². The zero-order valence-electron chi connectivity index (χ0n) is 11.6. The molecule has 0 heterocycles. The normalized spacial score (nSPS) is 27.2. The van der Waals surface area contributed by atoms with E-state index in [1.54, 1.807) is 0 Å². The number of halogens is 1. The van der Waals surface area contributed by atoms with E-state index in [0.717, 1.165) is 18.1 Å². The van der Waals surface area contributed by atoms with Crippen molar-refractivity contribution < 1.29 is 4.74 Å². The molecule has 0 saturated heterocycles. The van der Waals surface area contributed by atoms with Gasteiger partial charge in [-0.25, -0.2) is 0 Å². The molecule has 0 aromatic heterocycles. The van der Waals surface area contributed by atoms with Gasteiger partial charge in [0.15, 0.2) is 0 Å². The van der Waals surface area contributed by atoms with E-state index >= 15 is 0 Å². The average Bonchev–Trinajstić information content (AvgIpc) is 2.42. The van der Waals surface area contributed by atoms with Gasteiger partial charge in [0, 0.05) is 5.92 Å². The summed E-state index contributed by atoms with van der Waals surface area (Å²) < 4.78 is 6.15. The third kappa shape index (κ3) is 3.87. The standard InChI is InChI=1S/C16H24ClNO/c1-2-5-12-8-9-13(11-18)16(10-12)19-15-7-4-3-6-14(15)17/h3-4,6-7,12-13,16H,2,5,8-11,18H2,1H3. The molecule has 2 rings (SSSR count). The summed E-state index contributed by atoms with van der Waals surface area (Å²) in [4.78, 5) is 0. The smallest absolute Gasteiger partial charge is 0.138 e. The number of benzene rings is 1. The second kappa shape index (κ2) is 7.16. The van der Waals surface area contributed by atoms with E-state index in [1.165, 1.54) is 25.7 Å². The van der Waals surface area contributed by atoms with E-state index < -0.39 is 0 Å². The number of nitrogens with two attached hydrogens (primary N) is 1. The summed E-state index contributed by atoms with van der Waals surface area (Å²) in [6.45, 7) is 2.95. The van der Waals surface area contributed by atoms with Crippen molar-refractivity contribution in [2.45, 2.75) is 45.1 Å². The second-order valence-corrected chi connectivity index (χ2v) is 5.96. The summed E-state index contributed by atoms with van der Waals surface area (Å²) in [5.74, 6) is 2.04. The molecular weight excluding hydrogens is 258 g/mol. The quantitative estimate of drug-likeness (QED) is 0.875. The van der Waals surface area contributed by atoms with Gasteiger partial charge in [-0.3, -0.25) is 0 Å². The molecule has 1 fully saturated rings. The highest BCUT2D eigenvalue weighted by molar-refractivity contribution is 6.32. The Labute approximate surface area is 121 Å². The van der Waals surface area contributed by atoms with Crippen molar-refractivity contribution in [1.82, 2.24) is 0 Å². The molecule has 1 aromatic rings. The summed E-state index contributed by atoms with van der Waals surface area (Å²) in [5.41, 5.74) is 5.89. The van der Waals surface area contributed by atoms with Gasteiger partial charge < -0.3 is 10.5 Å². The lowest BCUT2D eigenvalue weighted by Crippen LogP contribution is -2.38. The first-order chi connectivity index (χ1) is 9.24. The molecule has 3 unspecified atom stereocenters. The van der Waals surface area contributed by atoms with Crippen LogP contribution >= 0.6 is 11.6 Å². The van der Waals surface area contributed by atoms with E-state index in [1.807, 2.05) is 24.3 Å². The molecule has 0 bridgehead atoms. The van der Waals surface area contributed by atoms with Crippen molar-refractivity contribution in [3.63, 3.8) is 0 Å². The molecule has 19 heavy (non-hydrogen) atoms. The van der Waals surface area contributed by atoms with Crippen LogP contribution in [0.2, 0.25) is 5.02 Å². The van der Waals surface area contributed by atoms with Gasteiger partial charge >= 0.3 is 0 Å². The molecular formula is C16H24ClNO. The van der Waals surface area contributed by atoms with Crippen molar-refractivity contribution in [2.24, 2.45) is 17.6 Å². The monoisotopic (exact) mass is 281 g/mol. The first-order valence-electron chi connectivity index (χ1n) is 7.35. The van der Waals surface area contributed by atoms with Crippen LogP contribution in [-0.2, 0) is 0 Å². The van der Waals surface area contributed by atoms with Gasteiger partial charge in [-0.15, -0.1) is 0 Å². The Morgan fingerprint density at radius 1 is 1.32 bits per heavy atom. The Morgan fingerprint density at radius 3 is 2.79 bits per heavy atom. The van der Waals surface area contributed by atoms with Crippen LogP contribution in [-0.4, -0.2) is 12.6 Å². The van der Waals surface area contributed by atoms with Crippen LogP contribution in [0.4, 0.5) is 0 Å². The molecule has 2 N–H and O–H groups in total. The first kappa shape index (κ1) is 14.7. The molecule has 1 saturated carbocycles. The van der Waals surface area contributed by atoms with Gasteiger partial charge in [0.25, 0.3) is 0 Å². The maximum atomic E-state index is 6.18. The Morgan fingerprint density at radius 2 is 2.11 bits per heavy atom. The van der Waals surface area contributed by atoms with Gasteiger partial charge in [-0.1, -0.05) is 43.5 Å². The molecule has 2 nitrogen and oxygen atoms in total. The summed E-state index contributed by atoms with van der Waals surface area (Å²) in [5, 5.41) is 0.691. The van der Waals surface area contributed by atoms with E-state index in [2.05, 4.69) is 6.92 Å². The minimum Gasteiger partial charge on any atom is -0.489 e. The van der Waals surface area contributed by atoms with E-state index in [0.29, 0.717) is 17.5 Å². The SMILES string of the molecule is CCCC1CCC(CN)C(Oc2ccccc2Cl)C1. The summed E-state index contributed by atoms with van der Waals surface area (Å²) in [6, 6.07) is 7.71. The van der Waals surface area contributed by atoms with Crippen molar-refractivity contribution >= 4 is 11.6 Å². The van der Waals surface area contributed by atoms with Gasteiger partial charge in [0.05, 0.1) is 5.02 Å². The maximum Gasteiger partial charge on any atom is 0.138 e. The van der Waals surface area contributed by atoms with Crippen LogP contribution in [0.3, 0.4) is 0 Å². The zero-order valence-corrected chi connectivity index (χ0v) is 12.4. The molecule has 3 atom stereocenters. The molecule has 106 valence electrons. The maximum absolute atomic E-state index is 6.18. The second-order valence-electron chi connectivity index (χ2n) is 5.55. The summed E-state index contributed by atoms with van der Waals surface area (Å²) in [7, 11) is 0. The van der Waals surface area contributed by atoms with Gasteiger partial charge in [-0.05, 0) is 43.9 Å². The minimum atomic E-state index is 0.218. The average molecular weight is 282 g/mol. The first-order valence-corrected chi connectivity index (χ1v) is 7.73. The zero-order chi connectivity index (χ0) is 13.7. The topological polar surface area (TPSA) is 35.2 Å². The number of para-hydroxylation sites is 1. The Kier molecular flexibility index (Phi) is 5.53. The predicted octanol–water partition coefficient (Wildman–Crippen LogP) is 4.26. The highest BCUT2D eigenvalue weighted by Gasteiger charge is 2.31. The third-order valence-corrected chi connectivity index (χ3v) is 4.46. The van der Waals surface area contributed by atoms with Crippen LogP contribution < -0.4 is 10.5 Å². The molecule has 0 aliphatic heterocycles. The molecule has 0 spiro atoms. The van der Waals surface area contributed by atoms with Crippen LogP contribution in [0, 0.1) is 11.8 Å². The van der Waals surface area contributed by atoms with Gasteiger partial charge in [0.2, 0.25) is 0 Å². The fraction of sp³-hybridized carbons (Fsp3) is 0.625. The fourth-order valence-corrected chi connectivity index (χ4v) is 3.24. The molecule has 1 aliphatic carbocycles. The molecule has 0 radical (unpaired) electrons. The van der Waals surface area contributed by atoms with Crippen LogP contribution in [0.25, 0.3) is 0 Å². The highest BCUT2D eigenvalue weighted by atomic mass is 35.5. The van der Waals surface area contributed by atoms with E-state index in [-0.39, 0.29) is 6.10 Å². The third-order valence-electron chi connectivity index (χ3n) is 4.15. The minimum absolute atomic E-state index is 0.218. The highest BCUT2D eigenvalue weighted by Crippen LogP contribution is 2.35. The predicted molar refractivity (Wildman–Crippen MR) is 80.7 cm³/mol. The fourth-order valence-electron chi connectivity index (χ4n) is 3.06.